The zero-order valence-electron chi connectivity index (χ0n) is 17.4. The minimum atomic E-state index is -0.590. The van der Waals surface area contributed by atoms with E-state index in [0.717, 1.165) is 4.47 Å². The molecule has 0 fully saturated rings. The lowest BCUT2D eigenvalue weighted by Crippen LogP contribution is -2.09. The number of esters is 2. The quantitative estimate of drug-likeness (QED) is 0.222. The molecule has 0 radical (unpaired) electrons. The van der Waals surface area contributed by atoms with Gasteiger partial charge in [-0.2, -0.15) is 0 Å². The standard InChI is InChI=1S/C25H17BrClNO5/c1-2-31-22-13-15(10-11-21(22)32-24(29)16-6-5-7-17(26)14-16)12-20-25(30)33-23(28-20)18-8-3-4-9-19(18)27/h3-14H,2H2,1H3/b20-12-. The van der Waals surface area contributed by atoms with Crippen LogP contribution in [0, 0.1) is 0 Å². The Morgan fingerprint density at radius 3 is 2.67 bits per heavy atom. The van der Waals surface area contributed by atoms with E-state index in [9.17, 15) is 9.59 Å². The zero-order chi connectivity index (χ0) is 23.4. The third kappa shape index (κ3) is 5.32. The van der Waals surface area contributed by atoms with Crippen molar-refractivity contribution in [2.75, 3.05) is 6.61 Å². The van der Waals surface area contributed by atoms with Crippen LogP contribution in [0.3, 0.4) is 0 Å². The summed E-state index contributed by atoms with van der Waals surface area (Å²) in [5, 5.41) is 0.431. The van der Waals surface area contributed by atoms with Crippen LogP contribution in [0.15, 0.2) is 81.9 Å². The van der Waals surface area contributed by atoms with Crippen molar-refractivity contribution in [2.45, 2.75) is 6.92 Å². The van der Waals surface area contributed by atoms with Crippen molar-refractivity contribution in [2.24, 2.45) is 4.99 Å². The summed E-state index contributed by atoms with van der Waals surface area (Å²) < 4.78 is 17.2. The molecule has 1 heterocycles. The Balaban J connectivity index is 1.61. The van der Waals surface area contributed by atoms with Gasteiger partial charge in [-0.3, -0.25) is 0 Å². The van der Waals surface area contributed by atoms with E-state index in [4.69, 9.17) is 25.8 Å². The van der Waals surface area contributed by atoms with Gasteiger partial charge < -0.3 is 14.2 Å². The molecule has 8 heteroatoms. The summed E-state index contributed by atoms with van der Waals surface area (Å²) >= 11 is 9.51. The fourth-order valence-electron chi connectivity index (χ4n) is 3.06. The molecule has 0 saturated heterocycles. The Labute approximate surface area is 203 Å². The predicted molar refractivity (Wildman–Crippen MR) is 129 cm³/mol. The van der Waals surface area contributed by atoms with E-state index in [0.29, 0.717) is 34.1 Å². The van der Waals surface area contributed by atoms with E-state index in [-0.39, 0.29) is 17.3 Å². The van der Waals surface area contributed by atoms with Crippen LogP contribution in [0.2, 0.25) is 5.02 Å². The van der Waals surface area contributed by atoms with Crippen LogP contribution in [0.4, 0.5) is 0 Å². The van der Waals surface area contributed by atoms with Crippen LogP contribution in [0.5, 0.6) is 11.5 Å². The molecule has 0 spiro atoms. The minimum absolute atomic E-state index is 0.117. The second-order valence-corrected chi connectivity index (χ2v) is 8.18. The molecule has 0 atom stereocenters. The first-order valence-corrected chi connectivity index (χ1v) is 11.1. The van der Waals surface area contributed by atoms with Gasteiger partial charge in [-0.1, -0.05) is 51.8 Å². The second-order valence-electron chi connectivity index (χ2n) is 6.85. The molecule has 0 aromatic heterocycles. The first kappa shape index (κ1) is 22.8. The summed E-state index contributed by atoms with van der Waals surface area (Å²) in [4.78, 5) is 29.1. The summed E-state index contributed by atoms with van der Waals surface area (Å²) in [5.74, 6) is -0.346. The largest absolute Gasteiger partial charge is 0.490 e. The number of ether oxygens (including phenoxy) is 3. The topological polar surface area (TPSA) is 74.2 Å². The van der Waals surface area contributed by atoms with E-state index >= 15 is 0 Å². The van der Waals surface area contributed by atoms with Crippen LogP contribution in [-0.4, -0.2) is 24.4 Å². The molecule has 0 aliphatic carbocycles. The number of hydrogen-bond donors (Lipinski definition) is 0. The van der Waals surface area contributed by atoms with E-state index in [1.807, 2.05) is 13.0 Å². The summed E-state index contributed by atoms with van der Waals surface area (Å²) in [5.41, 5.74) is 1.66. The van der Waals surface area contributed by atoms with Gasteiger partial charge in [0.2, 0.25) is 5.90 Å². The summed E-state index contributed by atoms with van der Waals surface area (Å²) in [6.07, 6.45) is 1.56. The van der Waals surface area contributed by atoms with Crippen molar-refractivity contribution in [3.05, 3.63) is 98.6 Å². The molecule has 3 aromatic rings. The maximum absolute atomic E-state index is 12.5. The Morgan fingerprint density at radius 2 is 1.91 bits per heavy atom. The Kier molecular flexibility index (Phi) is 6.91. The van der Waals surface area contributed by atoms with Gasteiger partial charge in [-0.15, -0.1) is 0 Å². The van der Waals surface area contributed by atoms with Crippen molar-refractivity contribution in [1.82, 2.24) is 0 Å². The molecular formula is C25H17BrClNO5. The molecule has 1 aliphatic heterocycles. The molecule has 0 saturated carbocycles. The molecule has 6 nitrogen and oxygen atoms in total. The lowest BCUT2D eigenvalue weighted by Gasteiger charge is -2.11. The summed E-state index contributed by atoms with van der Waals surface area (Å²) in [6, 6.07) is 18.8. The third-order valence-corrected chi connectivity index (χ3v) is 5.38. The second kappa shape index (κ2) is 10.0. The first-order chi connectivity index (χ1) is 15.9. The maximum atomic E-state index is 12.5. The van der Waals surface area contributed by atoms with Gasteiger partial charge in [0, 0.05) is 4.47 Å². The number of hydrogen-bond acceptors (Lipinski definition) is 6. The number of rotatable bonds is 6. The zero-order valence-corrected chi connectivity index (χ0v) is 19.7. The Bertz CT molecular complexity index is 1300. The van der Waals surface area contributed by atoms with Gasteiger partial charge in [-0.05, 0) is 61.0 Å². The van der Waals surface area contributed by atoms with E-state index in [2.05, 4.69) is 20.9 Å². The molecule has 0 bridgehead atoms. The van der Waals surface area contributed by atoms with Gasteiger partial charge in [-0.25, -0.2) is 14.6 Å². The van der Waals surface area contributed by atoms with Gasteiger partial charge >= 0.3 is 11.9 Å². The molecular weight excluding hydrogens is 510 g/mol. The number of benzene rings is 3. The SMILES string of the molecule is CCOc1cc(/C=C2\N=C(c3ccccc3Cl)OC2=O)ccc1OC(=O)c1cccc(Br)c1. The number of aliphatic imine (C=N–C) groups is 1. The van der Waals surface area contributed by atoms with Gasteiger partial charge in [0.05, 0.1) is 22.8 Å². The van der Waals surface area contributed by atoms with Crippen LogP contribution in [-0.2, 0) is 9.53 Å². The number of nitrogens with zero attached hydrogens (tertiary/aromatic N) is 1. The highest BCUT2D eigenvalue weighted by Crippen LogP contribution is 2.31. The normalized spacial score (nSPS) is 14.1. The average molecular weight is 527 g/mol. The van der Waals surface area contributed by atoms with Crippen molar-refractivity contribution in [3.8, 4) is 11.5 Å². The van der Waals surface area contributed by atoms with Crippen molar-refractivity contribution in [1.29, 1.82) is 0 Å². The number of cyclic esters (lactones) is 1. The highest BCUT2D eigenvalue weighted by molar-refractivity contribution is 9.10. The molecule has 33 heavy (non-hydrogen) atoms. The number of carbonyl (C=O) groups excluding carboxylic acids is 2. The average Bonchev–Trinajstić information content (AvgIpc) is 3.15. The molecule has 166 valence electrons. The van der Waals surface area contributed by atoms with Crippen LogP contribution >= 0.6 is 27.5 Å². The van der Waals surface area contributed by atoms with Gasteiger partial charge in [0.25, 0.3) is 0 Å². The summed E-state index contributed by atoms with van der Waals surface area (Å²) in [7, 11) is 0. The molecule has 1 aliphatic rings. The van der Waals surface area contributed by atoms with E-state index in [1.54, 1.807) is 66.7 Å². The molecule has 4 rings (SSSR count). The maximum Gasteiger partial charge on any atom is 0.363 e. The number of halogens is 2. The molecule has 0 amide bonds. The lowest BCUT2D eigenvalue weighted by molar-refractivity contribution is -0.129. The van der Waals surface area contributed by atoms with Crippen LogP contribution < -0.4 is 9.47 Å². The lowest BCUT2D eigenvalue weighted by atomic mass is 10.1. The third-order valence-electron chi connectivity index (χ3n) is 4.56. The van der Waals surface area contributed by atoms with Crippen molar-refractivity contribution in [3.63, 3.8) is 0 Å². The highest BCUT2D eigenvalue weighted by atomic mass is 79.9. The van der Waals surface area contributed by atoms with Crippen LogP contribution in [0.25, 0.3) is 6.08 Å². The van der Waals surface area contributed by atoms with E-state index < -0.39 is 11.9 Å². The van der Waals surface area contributed by atoms with Crippen molar-refractivity contribution >= 4 is 51.4 Å². The van der Waals surface area contributed by atoms with Gasteiger partial charge in [0.15, 0.2) is 17.2 Å². The fraction of sp³-hybridized carbons (Fsp3) is 0.0800. The predicted octanol–water partition coefficient (Wildman–Crippen LogP) is 6.06. The summed E-state index contributed by atoms with van der Waals surface area (Å²) in [6.45, 7) is 2.18. The molecule has 0 N–H and O–H groups in total. The Hall–Kier alpha value is -3.42. The monoisotopic (exact) mass is 525 g/mol. The van der Waals surface area contributed by atoms with Gasteiger partial charge in [0.1, 0.15) is 0 Å². The van der Waals surface area contributed by atoms with Crippen LogP contribution in [0.1, 0.15) is 28.4 Å². The smallest absolute Gasteiger partial charge is 0.363 e. The highest BCUT2D eigenvalue weighted by Gasteiger charge is 2.25. The van der Waals surface area contributed by atoms with Crippen molar-refractivity contribution < 1.29 is 23.8 Å². The van der Waals surface area contributed by atoms with E-state index in [1.165, 1.54) is 0 Å². The minimum Gasteiger partial charge on any atom is -0.490 e. The number of carbonyl (C=O) groups is 2. The molecule has 0 unspecified atom stereocenters. The molecule has 3 aromatic carbocycles. The Morgan fingerprint density at radius 1 is 1.09 bits per heavy atom. The fourth-order valence-corrected chi connectivity index (χ4v) is 3.67. The first-order valence-electron chi connectivity index (χ1n) is 9.96.